The molecule has 2 aromatic heterocycles. The number of H-pyrrole nitrogens is 1. The number of ether oxygens (including phenoxy) is 3. The van der Waals surface area contributed by atoms with E-state index in [1.165, 1.54) is 17.2 Å². The number of morpholine rings is 1. The quantitative estimate of drug-likeness (QED) is 0.0724. The first-order valence-electron chi connectivity index (χ1n) is 24.0. The van der Waals surface area contributed by atoms with Crippen LogP contribution in [-0.2, 0) is 14.8 Å². The summed E-state index contributed by atoms with van der Waals surface area (Å²) >= 11 is 0. The molecule has 3 aromatic carbocycles. The molecular formula is C51H61N7O9S. The van der Waals surface area contributed by atoms with Crippen LogP contribution in [0.25, 0.3) is 11.0 Å². The molecule has 17 heteroatoms. The van der Waals surface area contributed by atoms with Gasteiger partial charge in [0, 0.05) is 61.1 Å². The number of nitrogens with one attached hydrogen (secondary N) is 3. The molecule has 1 spiro atoms. The third kappa shape index (κ3) is 9.01. The number of hydrogen-bond donors (Lipinski definition) is 4. The minimum atomic E-state index is -4.67. The number of aromatic amines is 1. The molecule has 360 valence electrons. The summed E-state index contributed by atoms with van der Waals surface area (Å²) in [7, 11) is -4.67. The molecule has 68 heavy (non-hydrogen) atoms. The lowest BCUT2D eigenvalue weighted by Gasteiger charge is -2.57. The molecule has 4 fully saturated rings. The average molecular weight is 948 g/mol. The number of anilines is 2. The molecule has 2 atom stereocenters. The minimum absolute atomic E-state index is 0.000940. The van der Waals surface area contributed by atoms with Gasteiger partial charge >= 0.3 is 0 Å². The molecule has 16 nitrogen and oxygen atoms in total. The second kappa shape index (κ2) is 18.0. The van der Waals surface area contributed by atoms with Crippen molar-refractivity contribution in [3.8, 4) is 17.2 Å². The van der Waals surface area contributed by atoms with Crippen molar-refractivity contribution in [1.82, 2.24) is 19.6 Å². The first-order valence-corrected chi connectivity index (χ1v) is 25.5. The predicted octanol–water partition coefficient (Wildman–Crippen LogP) is 8.75. The lowest BCUT2D eigenvalue weighted by molar-refractivity contribution is -0.384. The number of hydrogen-bond acceptors (Lipinski definition) is 13. The second-order valence-corrected chi connectivity index (χ2v) is 22.0. The molecule has 4 N–H and O–H groups in total. The van der Waals surface area contributed by atoms with E-state index in [0.717, 1.165) is 69.1 Å². The average Bonchev–Trinajstić information content (AvgIpc) is 3.77. The zero-order valence-electron chi connectivity index (χ0n) is 39.1. The molecular weight excluding hydrogens is 887 g/mol. The maximum Gasteiger partial charge on any atom is 0.297 e. The Morgan fingerprint density at radius 1 is 1.00 bits per heavy atom. The number of benzene rings is 3. The first-order chi connectivity index (χ1) is 32.6. The minimum Gasteiger partial charge on any atom is -0.489 e. The fourth-order valence-electron chi connectivity index (χ4n) is 11.4. The molecule has 2 saturated carbocycles. The van der Waals surface area contributed by atoms with Crippen LogP contribution < -0.4 is 24.4 Å². The van der Waals surface area contributed by atoms with E-state index >= 15 is 0 Å². The Labute approximate surface area is 397 Å². The Kier molecular flexibility index (Phi) is 12.2. The maximum absolute atomic E-state index is 14.2. The molecule has 2 saturated heterocycles. The van der Waals surface area contributed by atoms with E-state index in [4.69, 9.17) is 14.2 Å². The molecule has 1 amide bonds. The number of rotatable bonds is 11. The van der Waals surface area contributed by atoms with Gasteiger partial charge in [-0.1, -0.05) is 38.1 Å². The summed E-state index contributed by atoms with van der Waals surface area (Å²) in [6, 6.07) is 20.3. The SMILES string of the molecule is Cc1nc2[nH]ccc2cc1Oc1cc(N2CCC3(CC2)CC(N2CCOC[C@H]2c2ccccc2C(C)C)C3)ccc1C(=O)NS(=O)(=O)c1cc2c(c([N+](=O)[O-])c1)N[C@@H]([C@H]1CC[C@](C)(O)CC1)CO2. The van der Waals surface area contributed by atoms with E-state index in [1.54, 1.807) is 25.3 Å². The molecule has 3 aliphatic heterocycles. The van der Waals surface area contributed by atoms with Gasteiger partial charge in [0.2, 0.25) is 0 Å². The highest BCUT2D eigenvalue weighted by atomic mass is 32.2. The van der Waals surface area contributed by atoms with Gasteiger partial charge in [0.05, 0.1) is 52.0 Å². The number of fused-ring (bicyclic) bond motifs is 2. The number of aliphatic hydroxyl groups is 1. The number of nitro groups is 1. The number of carbonyl (C=O) groups is 1. The van der Waals surface area contributed by atoms with E-state index in [2.05, 4.69) is 67.9 Å². The van der Waals surface area contributed by atoms with Crippen molar-refractivity contribution in [3.63, 3.8) is 0 Å². The van der Waals surface area contributed by atoms with E-state index in [0.29, 0.717) is 61.3 Å². The zero-order valence-corrected chi connectivity index (χ0v) is 39.9. The number of aryl methyl sites for hydroxylation is 1. The number of sulfonamides is 1. The van der Waals surface area contributed by atoms with Crippen LogP contribution in [0.1, 0.15) is 111 Å². The lowest BCUT2D eigenvalue weighted by Crippen LogP contribution is -2.58. The number of carbonyl (C=O) groups excluding carboxylic acids is 1. The largest absolute Gasteiger partial charge is 0.489 e. The number of nitro benzene ring substituents is 1. The summed E-state index contributed by atoms with van der Waals surface area (Å²) in [6.07, 6.45) is 8.70. The van der Waals surface area contributed by atoms with E-state index in [9.17, 15) is 28.4 Å². The second-order valence-electron chi connectivity index (χ2n) is 20.3. The van der Waals surface area contributed by atoms with Crippen molar-refractivity contribution in [2.24, 2.45) is 11.3 Å². The van der Waals surface area contributed by atoms with E-state index in [1.807, 2.05) is 25.1 Å². The van der Waals surface area contributed by atoms with Crippen molar-refractivity contribution in [1.29, 1.82) is 0 Å². The normalized spacial score (nSPS) is 24.2. The van der Waals surface area contributed by atoms with Crippen molar-refractivity contribution in [2.75, 3.05) is 49.7 Å². The fraction of sp³-hybridized carbons (Fsp3) is 0.490. The predicted molar refractivity (Wildman–Crippen MR) is 258 cm³/mol. The highest BCUT2D eigenvalue weighted by molar-refractivity contribution is 7.90. The Morgan fingerprint density at radius 2 is 1.76 bits per heavy atom. The molecule has 5 aliphatic rings. The van der Waals surface area contributed by atoms with Gasteiger partial charge in [0.15, 0.2) is 11.4 Å². The molecule has 5 aromatic rings. The van der Waals surface area contributed by atoms with Crippen LogP contribution in [0, 0.1) is 28.4 Å². The number of nitrogens with zero attached hydrogens (tertiary/aromatic N) is 4. The van der Waals surface area contributed by atoms with Gasteiger partial charge in [-0.25, -0.2) is 18.1 Å². The molecule has 0 unspecified atom stereocenters. The monoisotopic (exact) mass is 947 g/mol. The number of piperidine rings is 1. The zero-order chi connectivity index (χ0) is 47.5. The van der Waals surface area contributed by atoms with Crippen LogP contribution in [0.15, 0.2) is 77.8 Å². The summed E-state index contributed by atoms with van der Waals surface area (Å²) in [6.45, 7) is 12.3. The Morgan fingerprint density at radius 3 is 2.51 bits per heavy atom. The Balaban J connectivity index is 0.867. The number of aromatic nitrogens is 2. The molecule has 0 bridgehead atoms. The van der Waals surface area contributed by atoms with Crippen LogP contribution in [0.4, 0.5) is 17.1 Å². The Hall–Kier alpha value is -5.75. The lowest BCUT2D eigenvalue weighted by atomic mass is 9.59. The number of pyridine rings is 1. The van der Waals surface area contributed by atoms with Gasteiger partial charge in [-0.3, -0.25) is 19.8 Å². The molecule has 0 radical (unpaired) electrons. The van der Waals surface area contributed by atoms with Crippen molar-refractivity contribution >= 4 is 44.0 Å². The van der Waals surface area contributed by atoms with Crippen LogP contribution in [0.2, 0.25) is 0 Å². The molecule has 2 aliphatic carbocycles. The van der Waals surface area contributed by atoms with Gasteiger partial charge in [-0.05, 0) is 118 Å². The highest BCUT2D eigenvalue weighted by Crippen LogP contribution is 2.53. The fourth-order valence-corrected chi connectivity index (χ4v) is 12.4. The van der Waals surface area contributed by atoms with Gasteiger partial charge in [0.1, 0.15) is 23.8 Å². The Bertz CT molecular complexity index is 2840. The summed E-state index contributed by atoms with van der Waals surface area (Å²) < 4.78 is 48.8. The standard InChI is InChI=1S/C51H61N7O9S/c1-31(2)38-7-5-6-8-39(38)43-30-65-22-21-57(43)36-27-51(28-36)16-19-56(20-17-51)35-9-10-40(45(24-35)67-44-23-34-13-18-52-48(34)53-32(44)3)49(59)55-68(63,64)37-25-42(58(61)62)47-46(26-37)66-29-41(54-47)33-11-14-50(4,60)15-12-33/h5-10,13,18,23-26,31,33,36,41,43,54,60H,11-12,14-17,19-22,27-30H2,1-4H3,(H,52,53)(H,55,59)/t33-,41-,43+,50-/m1/s1. The summed E-state index contributed by atoms with van der Waals surface area (Å²) in [5.41, 5.74) is 3.88. The summed E-state index contributed by atoms with van der Waals surface area (Å²) in [5.74, 6) is 0.101. The van der Waals surface area contributed by atoms with Crippen molar-refractivity contribution in [2.45, 2.75) is 114 Å². The molecule has 5 heterocycles. The van der Waals surface area contributed by atoms with Crippen LogP contribution >= 0.6 is 0 Å². The maximum atomic E-state index is 14.2. The first kappa shape index (κ1) is 46.0. The third-order valence-electron chi connectivity index (χ3n) is 15.5. The van der Waals surface area contributed by atoms with Crippen LogP contribution in [0.5, 0.6) is 17.2 Å². The van der Waals surface area contributed by atoms with Crippen molar-refractivity contribution in [3.05, 3.63) is 105 Å². The van der Waals surface area contributed by atoms with Gasteiger partial charge < -0.3 is 34.5 Å². The van der Waals surface area contributed by atoms with Crippen LogP contribution in [-0.4, -0.2) is 96.4 Å². The van der Waals surface area contributed by atoms with Gasteiger partial charge in [-0.2, -0.15) is 0 Å². The number of amides is 1. The smallest absolute Gasteiger partial charge is 0.297 e. The highest BCUT2D eigenvalue weighted by Gasteiger charge is 2.50. The third-order valence-corrected chi connectivity index (χ3v) is 16.8. The molecule has 10 rings (SSSR count). The van der Waals surface area contributed by atoms with Gasteiger partial charge in [0.25, 0.3) is 21.6 Å². The topological polar surface area (TPSA) is 201 Å². The van der Waals surface area contributed by atoms with Crippen LogP contribution in [0.3, 0.4) is 0 Å². The van der Waals surface area contributed by atoms with Crippen molar-refractivity contribution < 1.29 is 37.5 Å². The summed E-state index contributed by atoms with van der Waals surface area (Å²) in [4.78, 5) is 38.2. The van der Waals surface area contributed by atoms with Gasteiger partial charge in [-0.15, -0.1) is 0 Å². The van der Waals surface area contributed by atoms with E-state index in [-0.39, 0.29) is 52.8 Å². The summed E-state index contributed by atoms with van der Waals surface area (Å²) in [5, 5.41) is 26.9. The van der Waals surface area contributed by atoms with E-state index < -0.39 is 37.0 Å².